The van der Waals surface area contributed by atoms with E-state index < -0.39 is 18.1 Å². The van der Waals surface area contributed by atoms with Gasteiger partial charge in [-0.25, -0.2) is 0 Å². The van der Waals surface area contributed by atoms with Gasteiger partial charge in [0.25, 0.3) is 5.91 Å². The number of carbonyl (C=O) groups excluding carboxylic acids is 1. The van der Waals surface area contributed by atoms with Gasteiger partial charge in [0.15, 0.2) is 11.2 Å². The van der Waals surface area contributed by atoms with E-state index in [1.54, 1.807) is 42.5 Å². The lowest BCUT2D eigenvalue weighted by Crippen LogP contribution is -2.33. The van der Waals surface area contributed by atoms with E-state index >= 15 is 0 Å². The van der Waals surface area contributed by atoms with Gasteiger partial charge in [0.2, 0.25) is 6.29 Å². The van der Waals surface area contributed by atoms with E-state index in [1.807, 2.05) is 12.1 Å². The molecule has 0 unspecified atom stereocenters. The van der Waals surface area contributed by atoms with Crippen molar-refractivity contribution in [3.8, 4) is 0 Å². The molecular weight excluding hydrogens is 458 g/mol. The van der Waals surface area contributed by atoms with Crippen molar-refractivity contribution in [1.29, 1.82) is 0 Å². The van der Waals surface area contributed by atoms with Crippen molar-refractivity contribution in [2.45, 2.75) is 38.0 Å². The third-order valence-electron chi connectivity index (χ3n) is 5.61. The van der Waals surface area contributed by atoms with Crippen LogP contribution < -0.4 is 10.7 Å². The summed E-state index contributed by atoms with van der Waals surface area (Å²) in [7, 11) is 0. The number of hydrogen-bond donors (Lipinski definition) is 2. The number of aliphatic hydroxyl groups is 1. The monoisotopic (exact) mass is 483 g/mol. The van der Waals surface area contributed by atoms with Gasteiger partial charge < -0.3 is 24.3 Å². The molecule has 8 heteroatoms. The first kappa shape index (κ1) is 24.0. The molecule has 2 heterocycles. The maximum absolute atomic E-state index is 13.1. The maximum atomic E-state index is 13.1. The number of fused-ring (bicyclic) bond motifs is 1. The molecule has 0 aliphatic carbocycles. The molecule has 2 N–H and O–H groups in total. The normalized spacial score (nSPS) is 17.8. The number of rotatable bonds is 9. The Morgan fingerprint density at radius 1 is 1.15 bits per heavy atom. The Morgan fingerprint density at radius 2 is 1.94 bits per heavy atom. The summed E-state index contributed by atoms with van der Waals surface area (Å²) < 4.78 is 17.3. The zero-order chi connectivity index (χ0) is 23.9. The number of allylic oxidation sites excluding steroid dienone is 1. The largest absolute Gasteiger partial charge is 0.464 e. The van der Waals surface area contributed by atoms with Gasteiger partial charge in [-0.15, -0.1) is 0 Å². The van der Waals surface area contributed by atoms with Crippen molar-refractivity contribution in [2.75, 3.05) is 13.2 Å². The first-order valence-electron chi connectivity index (χ1n) is 11.2. The fourth-order valence-electron chi connectivity index (χ4n) is 3.78. The maximum Gasteiger partial charge on any atom is 0.286 e. The van der Waals surface area contributed by atoms with Gasteiger partial charge in [0.05, 0.1) is 18.3 Å². The zero-order valence-corrected chi connectivity index (χ0v) is 19.3. The van der Waals surface area contributed by atoms with Crippen LogP contribution >= 0.6 is 11.6 Å². The number of aliphatic hydroxyl groups excluding tert-OH is 1. The van der Waals surface area contributed by atoms with Gasteiger partial charge in [-0.2, -0.15) is 0 Å². The van der Waals surface area contributed by atoms with Crippen molar-refractivity contribution in [3.05, 3.63) is 93.0 Å². The first-order chi connectivity index (χ1) is 16.5. The first-order valence-corrected chi connectivity index (χ1v) is 11.6. The summed E-state index contributed by atoms with van der Waals surface area (Å²) in [6, 6.07) is 14.2. The van der Waals surface area contributed by atoms with Gasteiger partial charge in [0.1, 0.15) is 5.58 Å². The van der Waals surface area contributed by atoms with E-state index in [-0.39, 0.29) is 17.8 Å². The second-order valence-corrected chi connectivity index (χ2v) is 8.48. The number of carbonyl (C=O) groups is 1. The highest BCUT2D eigenvalue weighted by atomic mass is 35.5. The van der Waals surface area contributed by atoms with E-state index in [9.17, 15) is 9.59 Å². The van der Waals surface area contributed by atoms with E-state index in [4.69, 9.17) is 30.6 Å². The minimum Gasteiger partial charge on any atom is -0.464 e. The quantitative estimate of drug-likeness (QED) is 0.441. The molecule has 0 saturated carbocycles. The van der Waals surface area contributed by atoms with Crippen LogP contribution in [0, 0.1) is 0 Å². The average Bonchev–Trinajstić information content (AvgIpc) is 2.86. The summed E-state index contributed by atoms with van der Waals surface area (Å²) >= 11 is 5.92. The Labute approximate surface area is 201 Å². The lowest BCUT2D eigenvalue weighted by Gasteiger charge is -2.29. The van der Waals surface area contributed by atoms with Crippen LogP contribution in [0.4, 0.5) is 0 Å². The minimum atomic E-state index is -0.712. The summed E-state index contributed by atoms with van der Waals surface area (Å²) in [4.78, 5) is 26.1. The number of hydrogen-bond acceptors (Lipinski definition) is 6. The van der Waals surface area contributed by atoms with E-state index in [0.29, 0.717) is 54.0 Å². The Bertz CT molecular complexity index is 1220. The Morgan fingerprint density at radius 3 is 2.74 bits per heavy atom. The number of benzene rings is 2. The number of halogens is 1. The van der Waals surface area contributed by atoms with E-state index in [2.05, 4.69) is 5.32 Å². The molecule has 0 spiro atoms. The predicted octanol–water partition coefficient (Wildman–Crippen LogP) is 4.27. The lowest BCUT2D eigenvalue weighted by molar-refractivity contribution is -0.146. The number of nitrogens with one attached hydrogen (secondary N) is 1. The molecule has 0 saturated heterocycles. The van der Waals surface area contributed by atoms with Gasteiger partial charge in [0, 0.05) is 36.1 Å². The average molecular weight is 484 g/mol. The third kappa shape index (κ3) is 5.86. The number of unbranched alkanes of at least 4 members (excludes halogenated alkanes) is 1. The zero-order valence-electron chi connectivity index (χ0n) is 18.5. The van der Waals surface area contributed by atoms with Crippen LogP contribution in [-0.2, 0) is 20.8 Å². The summed E-state index contributed by atoms with van der Waals surface area (Å²) in [5.74, 6) is -0.743. The van der Waals surface area contributed by atoms with Gasteiger partial charge in [-0.3, -0.25) is 9.59 Å². The molecule has 2 atom stereocenters. The topological polar surface area (TPSA) is 98.0 Å². The standard InChI is InChI=1S/C26H26ClNO6/c27-19-9-7-17(8-10-19)15-28-26(31)23-13-18(14-24(34-23)32-12-4-3-11-29)21-16-33-22-6-2-1-5-20(22)25(21)30/h1-2,5-10,13,16,18,24,29H,3-4,11-12,14-15H2,(H,28,31)/t18-,24+/m0/s1. The van der Waals surface area contributed by atoms with Crippen LogP contribution in [0.2, 0.25) is 5.02 Å². The van der Waals surface area contributed by atoms with Crippen molar-refractivity contribution in [2.24, 2.45) is 0 Å². The van der Waals surface area contributed by atoms with E-state index in [1.165, 1.54) is 6.26 Å². The molecule has 1 amide bonds. The molecule has 1 aliphatic heterocycles. The van der Waals surface area contributed by atoms with E-state index in [0.717, 1.165) is 5.56 Å². The molecule has 0 fully saturated rings. The SMILES string of the molecule is O=C(NCc1ccc(Cl)cc1)C1=C[C@H](c2coc3ccccc3c2=O)C[C@H](OCCCCO)O1. The molecule has 2 aromatic carbocycles. The molecule has 34 heavy (non-hydrogen) atoms. The van der Waals surface area contributed by atoms with Crippen molar-refractivity contribution >= 4 is 28.5 Å². The Balaban J connectivity index is 1.55. The van der Waals surface area contributed by atoms with Crippen LogP contribution in [0.1, 0.15) is 36.3 Å². The molecule has 0 radical (unpaired) electrons. The minimum absolute atomic E-state index is 0.0773. The summed E-state index contributed by atoms with van der Waals surface area (Å²) in [5.41, 5.74) is 1.68. The highest BCUT2D eigenvalue weighted by Crippen LogP contribution is 2.31. The fourth-order valence-corrected chi connectivity index (χ4v) is 3.91. The van der Waals surface area contributed by atoms with Crippen LogP contribution in [-0.4, -0.2) is 30.5 Å². The molecule has 0 bridgehead atoms. The Kier molecular flexibility index (Phi) is 8.00. The summed E-state index contributed by atoms with van der Waals surface area (Å²) in [5, 5.41) is 12.9. The van der Waals surface area contributed by atoms with Gasteiger partial charge in [-0.05, 0) is 48.7 Å². The molecule has 178 valence electrons. The van der Waals surface area contributed by atoms with Crippen LogP contribution in [0.3, 0.4) is 0 Å². The van der Waals surface area contributed by atoms with Crippen LogP contribution in [0.5, 0.6) is 0 Å². The number of para-hydroxylation sites is 1. The van der Waals surface area contributed by atoms with Crippen molar-refractivity contribution < 1.29 is 23.8 Å². The van der Waals surface area contributed by atoms with Crippen molar-refractivity contribution in [3.63, 3.8) is 0 Å². The van der Waals surface area contributed by atoms with Crippen LogP contribution in [0.15, 0.2) is 75.8 Å². The molecule has 7 nitrogen and oxygen atoms in total. The highest BCUT2D eigenvalue weighted by Gasteiger charge is 2.30. The molecule has 4 rings (SSSR count). The third-order valence-corrected chi connectivity index (χ3v) is 5.86. The molecular formula is C26H26ClNO6. The van der Waals surface area contributed by atoms with Crippen LogP contribution in [0.25, 0.3) is 11.0 Å². The highest BCUT2D eigenvalue weighted by molar-refractivity contribution is 6.30. The van der Waals surface area contributed by atoms with Gasteiger partial charge in [-0.1, -0.05) is 35.9 Å². The molecule has 3 aromatic rings. The second kappa shape index (κ2) is 11.3. The molecule has 1 aliphatic rings. The summed E-state index contributed by atoms with van der Waals surface area (Å²) in [6.07, 6.45) is 4.00. The summed E-state index contributed by atoms with van der Waals surface area (Å²) in [6.45, 7) is 0.735. The smallest absolute Gasteiger partial charge is 0.286 e. The second-order valence-electron chi connectivity index (χ2n) is 8.05. The predicted molar refractivity (Wildman–Crippen MR) is 128 cm³/mol. The fraction of sp³-hybridized carbons (Fsp3) is 0.308. The number of ether oxygens (including phenoxy) is 2. The molecule has 1 aromatic heterocycles. The Hall–Kier alpha value is -3.13. The number of amides is 1. The van der Waals surface area contributed by atoms with Crippen molar-refractivity contribution in [1.82, 2.24) is 5.32 Å². The lowest BCUT2D eigenvalue weighted by atomic mass is 9.93. The van der Waals surface area contributed by atoms with Gasteiger partial charge >= 0.3 is 0 Å².